The van der Waals surface area contributed by atoms with Crippen molar-refractivity contribution in [3.05, 3.63) is 47.8 Å². The molecule has 0 bridgehead atoms. The fourth-order valence-corrected chi connectivity index (χ4v) is 3.29. The van der Waals surface area contributed by atoms with Crippen molar-refractivity contribution < 1.29 is 28.5 Å². The maximum Gasteiger partial charge on any atom is 0.387 e. The Labute approximate surface area is 211 Å². The van der Waals surface area contributed by atoms with E-state index in [0.29, 0.717) is 23.4 Å². The lowest BCUT2D eigenvalue weighted by atomic mass is 9.95. The third-order valence-corrected chi connectivity index (χ3v) is 5.33. The number of nitrogens with one attached hydrogen (secondary N) is 1. The van der Waals surface area contributed by atoms with Gasteiger partial charge in [-0.15, -0.1) is 0 Å². The van der Waals surface area contributed by atoms with E-state index in [9.17, 15) is 8.78 Å². The molecule has 2 heterocycles. The van der Waals surface area contributed by atoms with Crippen LogP contribution in [-0.2, 0) is 5.54 Å². The fraction of sp³-hybridized carbons (Fsp3) is 0.500. The van der Waals surface area contributed by atoms with E-state index < -0.39 is 12.8 Å². The van der Waals surface area contributed by atoms with Gasteiger partial charge in [0.2, 0.25) is 0 Å². The normalized spacial score (nSPS) is 13.4. The Morgan fingerprint density at radius 3 is 2.33 bits per heavy atom. The number of hydrogen-bond acceptors (Lipinski definition) is 7. The monoisotopic (exact) mass is 508 g/mol. The Bertz CT molecular complexity index is 1100. The zero-order valence-electron chi connectivity index (χ0n) is 21.6. The summed E-state index contributed by atoms with van der Waals surface area (Å²) in [4.78, 5) is 0. The molecular weight excluding hydrogens is 470 g/mol. The van der Waals surface area contributed by atoms with E-state index in [0.717, 1.165) is 16.6 Å². The number of ether oxygens (including phenoxy) is 2. The Morgan fingerprint density at radius 2 is 1.81 bits per heavy atom. The predicted molar refractivity (Wildman–Crippen MR) is 136 cm³/mol. The van der Waals surface area contributed by atoms with Gasteiger partial charge in [-0.1, -0.05) is 25.3 Å². The molecule has 0 saturated heterocycles. The molecular formula is C26H38F2N4O4. The number of hydrogen-bond donors (Lipinski definition) is 4. The Morgan fingerprint density at radius 1 is 1.19 bits per heavy atom. The molecule has 1 unspecified atom stereocenters. The SMILES string of the molecule is C1CC1.CC(N)O.COc1cc(-c2cnn3cc(C(C)(C)NCCO)ccc23)cc(OC(F)F)c1C. The van der Waals surface area contributed by atoms with Crippen molar-refractivity contribution in [3.63, 3.8) is 0 Å². The zero-order chi connectivity index (χ0) is 26.9. The van der Waals surface area contributed by atoms with Gasteiger partial charge in [-0.25, -0.2) is 4.52 Å². The Hall–Kier alpha value is -2.79. The number of benzene rings is 1. The highest BCUT2D eigenvalue weighted by molar-refractivity contribution is 5.82. The maximum atomic E-state index is 12.8. The second-order valence-corrected chi connectivity index (χ2v) is 9.06. The Kier molecular flexibility index (Phi) is 11.0. The summed E-state index contributed by atoms with van der Waals surface area (Å²) in [6.07, 6.45) is 7.43. The lowest BCUT2D eigenvalue weighted by molar-refractivity contribution is -0.0503. The van der Waals surface area contributed by atoms with Crippen molar-refractivity contribution >= 4 is 5.52 Å². The number of aromatic nitrogens is 2. The van der Waals surface area contributed by atoms with Gasteiger partial charge < -0.3 is 30.7 Å². The van der Waals surface area contributed by atoms with Gasteiger partial charge in [-0.05, 0) is 57.0 Å². The number of methoxy groups -OCH3 is 1. The van der Waals surface area contributed by atoms with E-state index in [2.05, 4.69) is 20.9 Å². The molecule has 1 saturated carbocycles. The number of nitrogens with zero attached hydrogens (tertiary/aromatic N) is 2. The quantitative estimate of drug-likeness (QED) is 0.337. The molecule has 0 aliphatic heterocycles. The van der Waals surface area contributed by atoms with Crippen molar-refractivity contribution in [2.75, 3.05) is 20.3 Å². The van der Waals surface area contributed by atoms with E-state index >= 15 is 0 Å². The number of aliphatic hydroxyl groups excluding tert-OH is 2. The van der Waals surface area contributed by atoms with Crippen molar-refractivity contribution in [2.45, 2.75) is 65.3 Å². The Balaban J connectivity index is 0.000000569. The van der Waals surface area contributed by atoms with Gasteiger partial charge in [-0.2, -0.15) is 13.9 Å². The van der Waals surface area contributed by atoms with Gasteiger partial charge >= 0.3 is 6.61 Å². The third-order valence-electron chi connectivity index (χ3n) is 5.33. The lowest BCUT2D eigenvalue weighted by Crippen LogP contribution is -2.38. The van der Waals surface area contributed by atoms with Crippen LogP contribution < -0.4 is 20.5 Å². The van der Waals surface area contributed by atoms with E-state index in [1.165, 1.54) is 33.3 Å². The molecule has 36 heavy (non-hydrogen) atoms. The number of nitrogens with two attached hydrogens (primary N) is 1. The minimum absolute atomic E-state index is 0.0515. The summed E-state index contributed by atoms with van der Waals surface area (Å²) in [5.74, 6) is 0.531. The number of alkyl halides is 2. The molecule has 200 valence electrons. The van der Waals surface area contributed by atoms with Gasteiger partial charge in [0.15, 0.2) is 0 Å². The number of aliphatic hydroxyl groups is 2. The van der Waals surface area contributed by atoms with Crippen LogP contribution >= 0.6 is 0 Å². The van der Waals surface area contributed by atoms with Gasteiger partial charge in [0, 0.05) is 29.4 Å². The first kappa shape index (κ1) is 29.4. The van der Waals surface area contributed by atoms with Crippen LogP contribution in [-0.4, -0.2) is 52.9 Å². The molecule has 10 heteroatoms. The van der Waals surface area contributed by atoms with Crippen LogP contribution in [0.2, 0.25) is 0 Å². The van der Waals surface area contributed by atoms with Crippen molar-refractivity contribution in [1.29, 1.82) is 0 Å². The topological polar surface area (TPSA) is 114 Å². The second kappa shape index (κ2) is 13.5. The first-order valence-electron chi connectivity index (χ1n) is 11.9. The zero-order valence-corrected chi connectivity index (χ0v) is 21.6. The molecule has 2 aromatic heterocycles. The molecule has 0 spiro atoms. The van der Waals surface area contributed by atoms with Crippen LogP contribution in [0.15, 0.2) is 36.7 Å². The highest BCUT2D eigenvalue weighted by atomic mass is 19.3. The summed E-state index contributed by atoms with van der Waals surface area (Å²) in [5, 5.41) is 24.6. The van der Waals surface area contributed by atoms with Gasteiger partial charge in [0.25, 0.3) is 0 Å². The third kappa shape index (κ3) is 8.70. The number of fused-ring (bicyclic) bond motifs is 1. The molecule has 8 nitrogen and oxygen atoms in total. The van der Waals surface area contributed by atoms with Crippen LogP contribution in [0.4, 0.5) is 8.78 Å². The minimum atomic E-state index is -2.92. The van der Waals surface area contributed by atoms with Crippen molar-refractivity contribution in [2.24, 2.45) is 5.73 Å². The van der Waals surface area contributed by atoms with Gasteiger partial charge in [0.1, 0.15) is 11.5 Å². The standard InChI is InChI=1S/C21H25F2N3O3.C3H6.C2H7NO/c1-13-18(28-4)9-14(10-19(13)29-20(22)23)16-11-25-26-12-15(5-6-17(16)26)21(2,3)24-7-8-27;1-2-3-1;1-2(3)4/h5-6,9-12,20,24,27H,7-8H2,1-4H3;1-3H2;2,4H,3H2,1H3. The summed E-state index contributed by atoms with van der Waals surface area (Å²) in [6.45, 7) is 4.82. The molecule has 5 N–H and O–H groups in total. The number of rotatable bonds is 8. The largest absolute Gasteiger partial charge is 0.496 e. The van der Waals surface area contributed by atoms with E-state index in [1.807, 2.05) is 32.2 Å². The van der Waals surface area contributed by atoms with E-state index in [1.54, 1.807) is 29.8 Å². The van der Waals surface area contributed by atoms with Gasteiger partial charge in [-0.3, -0.25) is 0 Å². The van der Waals surface area contributed by atoms with Crippen LogP contribution in [0.3, 0.4) is 0 Å². The molecule has 1 aromatic carbocycles. The number of pyridine rings is 1. The van der Waals surface area contributed by atoms with Crippen LogP contribution in [0.25, 0.3) is 16.6 Å². The highest BCUT2D eigenvalue weighted by Gasteiger charge is 2.21. The minimum Gasteiger partial charge on any atom is -0.496 e. The van der Waals surface area contributed by atoms with Crippen molar-refractivity contribution in [3.8, 4) is 22.6 Å². The summed E-state index contributed by atoms with van der Waals surface area (Å²) >= 11 is 0. The molecule has 4 rings (SSSR count). The maximum absolute atomic E-state index is 12.8. The molecule has 1 aliphatic rings. The predicted octanol–water partition coefficient (Wildman–Crippen LogP) is 4.19. The fourth-order valence-electron chi connectivity index (χ4n) is 3.29. The summed E-state index contributed by atoms with van der Waals surface area (Å²) in [6, 6.07) is 7.26. The van der Waals surface area contributed by atoms with Crippen LogP contribution in [0, 0.1) is 6.92 Å². The molecule has 1 aliphatic carbocycles. The van der Waals surface area contributed by atoms with Crippen LogP contribution in [0.5, 0.6) is 11.5 Å². The summed E-state index contributed by atoms with van der Waals surface area (Å²) < 4.78 is 37.4. The molecule has 0 amide bonds. The molecule has 0 radical (unpaired) electrons. The lowest BCUT2D eigenvalue weighted by Gasteiger charge is -2.26. The van der Waals surface area contributed by atoms with Crippen molar-refractivity contribution in [1.82, 2.24) is 14.9 Å². The molecule has 3 aromatic rings. The smallest absolute Gasteiger partial charge is 0.387 e. The first-order valence-corrected chi connectivity index (χ1v) is 11.9. The average molecular weight is 509 g/mol. The van der Waals surface area contributed by atoms with E-state index in [-0.39, 0.29) is 17.9 Å². The summed E-state index contributed by atoms with van der Waals surface area (Å²) in [5.41, 5.74) is 8.08. The highest BCUT2D eigenvalue weighted by Crippen LogP contribution is 2.37. The average Bonchev–Trinajstić information content (AvgIpc) is 3.64. The summed E-state index contributed by atoms with van der Waals surface area (Å²) in [7, 11) is 1.49. The van der Waals surface area contributed by atoms with Gasteiger partial charge in [0.05, 0.1) is 31.7 Å². The second-order valence-electron chi connectivity index (χ2n) is 9.06. The number of halogens is 2. The van der Waals surface area contributed by atoms with Crippen LogP contribution in [0.1, 0.15) is 51.2 Å². The molecule has 1 atom stereocenters. The first-order chi connectivity index (χ1) is 17.0. The molecule has 1 fully saturated rings. The van der Waals surface area contributed by atoms with E-state index in [4.69, 9.17) is 14.9 Å².